The Hall–Kier alpha value is -2.90. The van der Waals surface area contributed by atoms with E-state index in [0.717, 1.165) is 0 Å². The van der Waals surface area contributed by atoms with Crippen molar-refractivity contribution in [3.8, 4) is 23.1 Å². The molecule has 5 nitrogen and oxygen atoms in total. The number of halogens is 3. The summed E-state index contributed by atoms with van der Waals surface area (Å²) in [6.07, 6.45) is -1.43. The predicted octanol–water partition coefficient (Wildman–Crippen LogP) is 4.03. The summed E-state index contributed by atoms with van der Waals surface area (Å²) in [6.45, 7) is 0. The zero-order valence-electron chi connectivity index (χ0n) is 11.9. The van der Waals surface area contributed by atoms with Gasteiger partial charge in [-0.05, 0) is 24.3 Å². The Bertz CT molecular complexity index is 813. The van der Waals surface area contributed by atoms with Gasteiger partial charge in [-0.3, -0.25) is 4.40 Å². The van der Waals surface area contributed by atoms with Crippen molar-refractivity contribution in [3.05, 3.63) is 48.8 Å². The number of alkyl halides is 3. The normalized spacial score (nSPS) is 11.5. The highest BCUT2D eigenvalue weighted by molar-refractivity contribution is 5.49. The molecule has 0 amide bonds. The van der Waals surface area contributed by atoms with Gasteiger partial charge in [0.15, 0.2) is 0 Å². The molecule has 0 saturated heterocycles. The highest BCUT2D eigenvalue weighted by Crippen LogP contribution is 2.29. The number of rotatable bonds is 4. The molecule has 0 unspecified atom stereocenters. The Morgan fingerprint density at radius 2 is 1.70 bits per heavy atom. The summed E-state index contributed by atoms with van der Waals surface area (Å²) in [6, 6.07) is 8.48. The molecule has 2 heterocycles. The molecule has 3 aromatic rings. The van der Waals surface area contributed by atoms with Gasteiger partial charge in [-0.1, -0.05) is 0 Å². The predicted molar refractivity (Wildman–Crippen MR) is 74.9 cm³/mol. The van der Waals surface area contributed by atoms with E-state index in [1.165, 1.54) is 31.4 Å². The van der Waals surface area contributed by atoms with E-state index in [0.29, 0.717) is 23.0 Å². The van der Waals surface area contributed by atoms with Gasteiger partial charge in [0.1, 0.15) is 22.9 Å². The fraction of sp³-hybridized carbons (Fsp3) is 0.133. The molecule has 0 bridgehead atoms. The van der Waals surface area contributed by atoms with Gasteiger partial charge in [0.2, 0.25) is 5.88 Å². The van der Waals surface area contributed by atoms with Crippen molar-refractivity contribution in [2.75, 3.05) is 7.11 Å². The van der Waals surface area contributed by atoms with Crippen molar-refractivity contribution < 1.29 is 27.4 Å². The number of benzene rings is 1. The number of fused-ring (bicyclic) bond motifs is 1. The minimum Gasteiger partial charge on any atom is -0.496 e. The van der Waals surface area contributed by atoms with Gasteiger partial charge in [0.05, 0.1) is 7.11 Å². The van der Waals surface area contributed by atoms with Crippen LogP contribution in [0.15, 0.2) is 48.8 Å². The van der Waals surface area contributed by atoms with Crippen LogP contribution in [-0.2, 0) is 0 Å². The number of hydrogen-bond donors (Lipinski definition) is 0. The van der Waals surface area contributed by atoms with Crippen LogP contribution in [0.5, 0.6) is 23.1 Å². The molecule has 0 radical (unpaired) electrons. The maximum atomic E-state index is 12.1. The van der Waals surface area contributed by atoms with Crippen molar-refractivity contribution in [1.82, 2.24) is 9.38 Å². The van der Waals surface area contributed by atoms with Gasteiger partial charge in [-0.2, -0.15) is 0 Å². The summed E-state index contributed by atoms with van der Waals surface area (Å²) in [5, 5.41) is 0. The highest BCUT2D eigenvalue weighted by Gasteiger charge is 2.31. The maximum Gasteiger partial charge on any atom is 0.573 e. The molecule has 23 heavy (non-hydrogen) atoms. The first-order valence-electron chi connectivity index (χ1n) is 6.49. The quantitative estimate of drug-likeness (QED) is 0.727. The molecule has 8 heteroatoms. The fourth-order valence-electron chi connectivity index (χ4n) is 1.99. The Morgan fingerprint density at radius 3 is 2.35 bits per heavy atom. The molecule has 0 aliphatic carbocycles. The van der Waals surface area contributed by atoms with Crippen molar-refractivity contribution in [2.45, 2.75) is 6.36 Å². The maximum absolute atomic E-state index is 12.1. The summed E-state index contributed by atoms with van der Waals surface area (Å²) in [5.74, 6) is 1.00. The van der Waals surface area contributed by atoms with Gasteiger partial charge >= 0.3 is 6.36 Å². The molecule has 3 rings (SSSR count). The third-order valence-electron chi connectivity index (χ3n) is 2.96. The molecule has 0 aliphatic heterocycles. The van der Waals surface area contributed by atoms with E-state index in [9.17, 15) is 13.2 Å². The first-order chi connectivity index (χ1) is 10.9. The zero-order valence-corrected chi connectivity index (χ0v) is 11.9. The lowest BCUT2D eigenvalue weighted by atomic mass is 10.3. The molecular formula is C15H11F3N2O3. The molecule has 0 saturated carbocycles. The number of hydrogen-bond acceptors (Lipinski definition) is 4. The number of aromatic nitrogens is 2. The molecule has 0 spiro atoms. The SMILES string of the molecule is COc1cc(Oc2ccc(OC(F)(F)F)cc2)n2ccnc2c1. The van der Waals surface area contributed by atoms with Crippen LogP contribution in [0.2, 0.25) is 0 Å². The molecule has 0 aliphatic rings. The smallest absolute Gasteiger partial charge is 0.496 e. The summed E-state index contributed by atoms with van der Waals surface area (Å²) in [5.41, 5.74) is 0.622. The van der Waals surface area contributed by atoms with Crippen molar-refractivity contribution in [1.29, 1.82) is 0 Å². The first-order valence-corrected chi connectivity index (χ1v) is 6.49. The van der Waals surface area contributed by atoms with Crippen LogP contribution in [0, 0.1) is 0 Å². The minimum atomic E-state index is -4.72. The highest BCUT2D eigenvalue weighted by atomic mass is 19.4. The fourth-order valence-corrected chi connectivity index (χ4v) is 1.99. The van der Waals surface area contributed by atoms with E-state index in [1.54, 1.807) is 28.9 Å². The van der Waals surface area contributed by atoms with Crippen LogP contribution >= 0.6 is 0 Å². The van der Waals surface area contributed by atoms with Crippen LogP contribution in [-0.4, -0.2) is 22.9 Å². The van der Waals surface area contributed by atoms with Gasteiger partial charge in [-0.25, -0.2) is 4.98 Å². The standard InChI is InChI=1S/C15H11F3N2O3/c1-21-12-8-13-19-6-7-20(13)14(9-12)22-10-2-4-11(5-3-10)23-15(16,17)18/h2-9H,1H3. The number of imidazole rings is 1. The summed E-state index contributed by atoms with van der Waals surface area (Å²) in [4.78, 5) is 4.14. The van der Waals surface area contributed by atoms with Crippen LogP contribution in [0.4, 0.5) is 13.2 Å². The van der Waals surface area contributed by atoms with Crippen molar-refractivity contribution >= 4 is 5.65 Å². The van der Waals surface area contributed by atoms with E-state index >= 15 is 0 Å². The lowest BCUT2D eigenvalue weighted by molar-refractivity contribution is -0.274. The second-order valence-electron chi connectivity index (χ2n) is 4.51. The van der Waals surface area contributed by atoms with E-state index < -0.39 is 6.36 Å². The van der Waals surface area contributed by atoms with Gasteiger partial charge < -0.3 is 14.2 Å². The van der Waals surface area contributed by atoms with Crippen LogP contribution < -0.4 is 14.2 Å². The second kappa shape index (κ2) is 5.71. The number of methoxy groups -OCH3 is 1. The number of nitrogens with zero attached hydrogens (tertiary/aromatic N) is 2. The molecule has 0 atom stereocenters. The average Bonchev–Trinajstić information content (AvgIpc) is 2.96. The summed E-state index contributed by atoms with van der Waals surface area (Å²) < 4.78 is 52.7. The molecule has 1 aromatic carbocycles. The lowest BCUT2D eigenvalue weighted by Crippen LogP contribution is -2.16. The van der Waals surface area contributed by atoms with Crippen molar-refractivity contribution in [2.24, 2.45) is 0 Å². The van der Waals surface area contributed by atoms with Crippen LogP contribution in [0.1, 0.15) is 0 Å². The van der Waals surface area contributed by atoms with E-state index in [4.69, 9.17) is 9.47 Å². The van der Waals surface area contributed by atoms with Gasteiger partial charge in [-0.15, -0.1) is 13.2 Å². The third kappa shape index (κ3) is 3.47. The molecule has 0 fully saturated rings. The Labute approximate surface area is 128 Å². The largest absolute Gasteiger partial charge is 0.573 e. The molecular weight excluding hydrogens is 313 g/mol. The summed E-state index contributed by atoms with van der Waals surface area (Å²) >= 11 is 0. The zero-order chi connectivity index (χ0) is 16.4. The molecule has 2 aromatic heterocycles. The van der Waals surface area contributed by atoms with Crippen LogP contribution in [0.3, 0.4) is 0 Å². The number of ether oxygens (including phenoxy) is 3. The Balaban J connectivity index is 1.86. The van der Waals surface area contributed by atoms with E-state index in [1.807, 2.05) is 0 Å². The van der Waals surface area contributed by atoms with Crippen molar-refractivity contribution in [3.63, 3.8) is 0 Å². The minimum absolute atomic E-state index is 0.316. The third-order valence-corrected chi connectivity index (χ3v) is 2.96. The topological polar surface area (TPSA) is 45.0 Å². The second-order valence-corrected chi connectivity index (χ2v) is 4.51. The Morgan fingerprint density at radius 1 is 1.00 bits per heavy atom. The van der Waals surface area contributed by atoms with Gasteiger partial charge in [0.25, 0.3) is 0 Å². The average molecular weight is 324 g/mol. The van der Waals surface area contributed by atoms with E-state index in [-0.39, 0.29) is 5.75 Å². The molecule has 120 valence electrons. The monoisotopic (exact) mass is 324 g/mol. The summed E-state index contributed by atoms with van der Waals surface area (Å²) in [7, 11) is 1.52. The number of pyridine rings is 1. The van der Waals surface area contributed by atoms with Gasteiger partial charge in [0, 0.05) is 24.5 Å². The molecule has 0 N–H and O–H groups in total. The lowest BCUT2D eigenvalue weighted by Gasteiger charge is -2.11. The first kappa shape index (κ1) is 15.0. The Kier molecular flexibility index (Phi) is 3.73. The van der Waals surface area contributed by atoms with Crippen LogP contribution in [0.25, 0.3) is 5.65 Å². The van der Waals surface area contributed by atoms with E-state index in [2.05, 4.69) is 9.72 Å².